The molecule has 2 aromatic carbocycles. The van der Waals surface area contributed by atoms with Crippen LogP contribution in [-0.4, -0.2) is 53.2 Å². The van der Waals surface area contributed by atoms with E-state index in [2.05, 4.69) is 29.6 Å². The lowest BCUT2D eigenvalue weighted by Gasteiger charge is -2.36. The zero-order valence-corrected chi connectivity index (χ0v) is 18.4. The van der Waals surface area contributed by atoms with Crippen molar-refractivity contribution < 1.29 is 24.2 Å². The van der Waals surface area contributed by atoms with Crippen LogP contribution in [-0.2, 0) is 14.3 Å². The first kappa shape index (κ1) is 21.5. The van der Waals surface area contributed by atoms with Crippen LogP contribution in [0.15, 0.2) is 48.5 Å². The van der Waals surface area contributed by atoms with Gasteiger partial charge in [0, 0.05) is 12.5 Å². The van der Waals surface area contributed by atoms with Gasteiger partial charge in [-0.2, -0.15) is 0 Å². The summed E-state index contributed by atoms with van der Waals surface area (Å²) in [6.07, 6.45) is 3.16. The quantitative estimate of drug-likeness (QED) is 0.701. The molecule has 2 aliphatic carbocycles. The smallest absolute Gasteiger partial charge is 0.407 e. The fourth-order valence-corrected chi connectivity index (χ4v) is 5.39. The predicted molar refractivity (Wildman–Crippen MR) is 122 cm³/mol. The van der Waals surface area contributed by atoms with Gasteiger partial charge in [0.15, 0.2) is 0 Å². The van der Waals surface area contributed by atoms with Crippen LogP contribution in [0.4, 0.5) is 4.79 Å². The number of hydrogen-bond acceptors (Lipinski definition) is 4. The van der Waals surface area contributed by atoms with Crippen LogP contribution in [0.2, 0.25) is 0 Å². The summed E-state index contributed by atoms with van der Waals surface area (Å²) >= 11 is 0. The first-order valence-corrected chi connectivity index (χ1v) is 11.7. The predicted octanol–water partition coefficient (Wildman–Crippen LogP) is 3.77. The molecular formula is C26H28N2O5. The lowest BCUT2D eigenvalue weighted by atomic mass is 9.79. The van der Waals surface area contributed by atoms with Crippen molar-refractivity contribution in [2.45, 2.75) is 50.1 Å². The molecule has 7 heteroatoms. The Hall–Kier alpha value is -3.35. The first-order valence-electron chi connectivity index (χ1n) is 11.7. The molecule has 2 amide bonds. The minimum absolute atomic E-state index is 0.0213. The summed E-state index contributed by atoms with van der Waals surface area (Å²) in [4.78, 5) is 39.0. The van der Waals surface area contributed by atoms with Crippen molar-refractivity contribution in [3.05, 3.63) is 59.7 Å². The normalized spacial score (nSPS) is 20.5. The molecule has 2 aromatic rings. The molecule has 1 unspecified atom stereocenters. The summed E-state index contributed by atoms with van der Waals surface area (Å²) in [5, 5.41) is 12.2. The van der Waals surface area contributed by atoms with Crippen LogP contribution < -0.4 is 5.32 Å². The van der Waals surface area contributed by atoms with Crippen LogP contribution in [0.25, 0.3) is 11.1 Å². The van der Waals surface area contributed by atoms with Crippen LogP contribution in [0.3, 0.4) is 0 Å². The molecule has 0 aromatic heterocycles. The monoisotopic (exact) mass is 448 g/mol. The fourth-order valence-electron chi connectivity index (χ4n) is 5.39. The molecule has 1 heterocycles. The van der Waals surface area contributed by atoms with Gasteiger partial charge in [-0.25, -0.2) is 9.59 Å². The number of carbonyl (C=O) groups excluding carboxylic acids is 2. The number of nitrogens with one attached hydrogen (secondary N) is 1. The summed E-state index contributed by atoms with van der Waals surface area (Å²) in [6, 6.07) is 14.7. The van der Waals surface area contributed by atoms with Crippen molar-refractivity contribution >= 4 is 18.0 Å². The topological polar surface area (TPSA) is 95.9 Å². The zero-order chi connectivity index (χ0) is 22.9. The van der Waals surface area contributed by atoms with Gasteiger partial charge in [0.05, 0.1) is 0 Å². The number of carboxylic acids is 1. The van der Waals surface area contributed by atoms with Crippen LogP contribution >= 0.6 is 0 Å². The number of aliphatic carboxylic acids is 1. The highest BCUT2D eigenvalue weighted by Gasteiger charge is 2.42. The Morgan fingerprint density at radius 3 is 2.18 bits per heavy atom. The minimum atomic E-state index is -0.991. The highest BCUT2D eigenvalue weighted by Crippen LogP contribution is 2.44. The third kappa shape index (κ3) is 3.96. The van der Waals surface area contributed by atoms with Crippen molar-refractivity contribution in [3.8, 4) is 11.1 Å². The maximum Gasteiger partial charge on any atom is 0.407 e. The second-order valence-electron chi connectivity index (χ2n) is 9.17. The highest BCUT2D eigenvalue weighted by molar-refractivity contribution is 5.90. The van der Waals surface area contributed by atoms with E-state index in [0.29, 0.717) is 19.4 Å². The number of carboxylic acid groups (broad SMARTS) is 1. The standard InChI is InChI=1S/C26H28N2O5/c29-24(28-14-6-13-22(28)25(30)31)23(16-7-5-8-16)27-26(32)33-15-21-19-11-3-1-9-17(19)18-10-2-4-12-20(18)21/h1-4,9-12,16,21-23H,5-8,13-15H2,(H,27,32)(H,30,31)/t22-,23?/m1/s1. The molecule has 1 saturated carbocycles. The summed E-state index contributed by atoms with van der Waals surface area (Å²) in [5.41, 5.74) is 4.55. The van der Waals surface area contributed by atoms with Crippen LogP contribution in [0.1, 0.15) is 49.1 Å². The molecule has 0 spiro atoms. The van der Waals surface area contributed by atoms with E-state index < -0.39 is 24.1 Å². The van der Waals surface area contributed by atoms with E-state index in [-0.39, 0.29) is 24.3 Å². The van der Waals surface area contributed by atoms with Crippen molar-refractivity contribution in [3.63, 3.8) is 0 Å². The lowest BCUT2D eigenvalue weighted by molar-refractivity contribution is -0.149. The number of benzene rings is 2. The number of amides is 2. The molecule has 2 fully saturated rings. The summed E-state index contributed by atoms with van der Waals surface area (Å²) < 4.78 is 5.64. The maximum absolute atomic E-state index is 13.2. The number of ether oxygens (including phenoxy) is 1. The lowest BCUT2D eigenvalue weighted by Crippen LogP contribution is -2.56. The Morgan fingerprint density at radius 2 is 1.61 bits per heavy atom. The second kappa shape index (κ2) is 8.89. The van der Waals surface area contributed by atoms with Gasteiger partial charge < -0.3 is 20.1 Å². The third-order valence-electron chi connectivity index (χ3n) is 7.33. The summed E-state index contributed by atoms with van der Waals surface area (Å²) in [6.45, 7) is 0.582. The van der Waals surface area contributed by atoms with Gasteiger partial charge in [-0.05, 0) is 53.9 Å². The Balaban J connectivity index is 1.28. The largest absolute Gasteiger partial charge is 0.480 e. The Labute approximate surface area is 192 Å². The van der Waals surface area contributed by atoms with E-state index in [0.717, 1.165) is 41.5 Å². The molecule has 2 atom stereocenters. The Morgan fingerprint density at radius 1 is 0.970 bits per heavy atom. The van der Waals surface area contributed by atoms with E-state index in [1.165, 1.54) is 4.90 Å². The molecule has 0 radical (unpaired) electrons. The Bertz CT molecular complexity index is 1030. The van der Waals surface area contributed by atoms with Gasteiger partial charge >= 0.3 is 12.1 Å². The molecule has 0 bridgehead atoms. The number of hydrogen-bond donors (Lipinski definition) is 2. The number of carbonyl (C=O) groups is 3. The second-order valence-corrected chi connectivity index (χ2v) is 9.17. The van der Waals surface area contributed by atoms with E-state index in [9.17, 15) is 19.5 Å². The van der Waals surface area contributed by atoms with Gasteiger partial charge in [-0.15, -0.1) is 0 Å². The van der Waals surface area contributed by atoms with Crippen molar-refractivity contribution in [1.29, 1.82) is 0 Å². The van der Waals surface area contributed by atoms with Gasteiger partial charge in [-0.1, -0.05) is 55.0 Å². The molecule has 5 rings (SSSR count). The molecule has 1 aliphatic heterocycles. The van der Waals surface area contributed by atoms with Gasteiger partial charge in [0.25, 0.3) is 0 Å². The van der Waals surface area contributed by atoms with Crippen LogP contribution in [0, 0.1) is 5.92 Å². The van der Waals surface area contributed by atoms with Crippen molar-refractivity contribution in [1.82, 2.24) is 10.2 Å². The van der Waals surface area contributed by atoms with E-state index in [4.69, 9.17) is 4.74 Å². The molecule has 1 saturated heterocycles. The van der Waals surface area contributed by atoms with E-state index in [1.54, 1.807) is 0 Å². The highest BCUT2D eigenvalue weighted by atomic mass is 16.5. The van der Waals surface area contributed by atoms with Crippen LogP contribution in [0.5, 0.6) is 0 Å². The molecule has 2 N–H and O–H groups in total. The van der Waals surface area contributed by atoms with Gasteiger partial charge in [0.1, 0.15) is 18.7 Å². The third-order valence-corrected chi connectivity index (χ3v) is 7.33. The van der Waals surface area contributed by atoms with Gasteiger partial charge in [0.2, 0.25) is 5.91 Å². The number of likely N-dealkylation sites (tertiary alicyclic amines) is 1. The molecule has 3 aliphatic rings. The SMILES string of the molecule is O=C(NC(C(=O)N1CCC[C@@H]1C(=O)O)C1CCC1)OCC1c2ccccc2-c2ccccc21. The van der Waals surface area contributed by atoms with E-state index >= 15 is 0 Å². The average Bonchev–Trinajstić information content (AvgIpc) is 3.39. The van der Waals surface area contributed by atoms with E-state index in [1.807, 2.05) is 24.3 Å². The van der Waals surface area contributed by atoms with Gasteiger partial charge in [-0.3, -0.25) is 4.79 Å². The zero-order valence-electron chi connectivity index (χ0n) is 18.4. The molecular weight excluding hydrogens is 420 g/mol. The minimum Gasteiger partial charge on any atom is -0.480 e. The maximum atomic E-state index is 13.2. The Kier molecular flexibility index (Phi) is 5.79. The summed E-state index contributed by atoms with van der Waals surface area (Å²) in [5.74, 6) is -1.34. The average molecular weight is 449 g/mol. The number of rotatable bonds is 6. The number of alkyl carbamates (subject to hydrolysis) is 1. The van der Waals surface area contributed by atoms with Crippen molar-refractivity contribution in [2.24, 2.45) is 5.92 Å². The first-order chi connectivity index (χ1) is 16.0. The molecule has 33 heavy (non-hydrogen) atoms. The number of nitrogens with zero attached hydrogens (tertiary/aromatic N) is 1. The fraction of sp³-hybridized carbons (Fsp3) is 0.423. The molecule has 7 nitrogen and oxygen atoms in total. The van der Waals surface area contributed by atoms with Crippen molar-refractivity contribution in [2.75, 3.05) is 13.2 Å². The molecule has 172 valence electrons. The number of fused-ring (bicyclic) bond motifs is 3. The summed E-state index contributed by atoms with van der Waals surface area (Å²) in [7, 11) is 0.